The molecule has 0 aromatic heterocycles. The predicted molar refractivity (Wildman–Crippen MR) is 53.8 cm³/mol. The van der Waals surface area contributed by atoms with E-state index in [-0.39, 0.29) is 5.69 Å². The van der Waals surface area contributed by atoms with Gasteiger partial charge in [-0.1, -0.05) is 11.6 Å². The average molecular weight is 284 g/mol. The normalized spacial score (nSPS) is 10.4. The first kappa shape index (κ1) is 11.4. The highest BCUT2D eigenvalue weighted by Gasteiger charge is 2.15. The van der Waals surface area contributed by atoms with Crippen LogP contribution in [0.25, 0.3) is 0 Å². The molecule has 76 valence electrons. The summed E-state index contributed by atoms with van der Waals surface area (Å²) in [5.74, 6) is -1.33. The van der Waals surface area contributed by atoms with E-state index >= 15 is 0 Å². The summed E-state index contributed by atoms with van der Waals surface area (Å²) in [7, 11) is 0. The Morgan fingerprint density at radius 3 is 2.64 bits per heavy atom. The van der Waals surface area contributed by atoms with Gasteiger partial charge in [0, 0.05) is 10.2 Å². The lowest BCUT2D eigenvalue weighted by Gasteiger charge is -2.05. The maximum absolute atomic E-state index is 11.8. The number of carbonyl (C=O) groups is 1. The third kappa shape index (κ3) is 2.92. The van der Waals surface area contributed by atoms with Crippen molar-refractivity contribution >= 4 is 39.1 Å². The fourth-order valence-electron chi connectivity index (χ4n) is 0.771. The van der Waals surface area contributed by atoms with Gasteiger partial charge in [0.25, 0.3) is 5.91 Å². The largest absolute Gasteiger partial charge is 0.321 e. The van der Waals surface area contributed by atoms with Crippen LogP contribution in [0.15, 0.2) is 22.7 Å². The highest BCUT2D eigenvalue weighted by atomic mass is 79.9. The van der Waals surface area contributed by atoms with E-state index in [1.807, 2.05) is 5.32 Å². The highest BCUT2D eigenvalue weighted by Crippen LogP contribution is 2.25. The van der Waals surface area contributed by atoms with Gasteiger partial charge in [-0.3, -0.25) is 4.79 Å². The van der Waals surface area contributed by atoms with Gasteiger partial charge in [0.2, 0.25) is 0 Å². The van der Waals surface area contributed by atoms with E-state index < -0.39 is 12.3 Å². The van der Waals surface area contributed by atoms with E-state index in [2.05, 4.69) is 15.9 Å². The van der Waals surface area contributed by atoms with Gasteiger partial charge in [0.1, 0.15) is 0 Å². The second-order valence-electron chi connectivity index (χ2n) is 2.42. The zero-order chi connectivity index (χ0) is 10.7. The number of amides is 1. The van der Waals surface area contributed by atoms with Crippen LogP contribution in [0.5, 0.6) is 0 Å². The Kier molecular flexibility index (Phi) is 3.83. The molecular formula is C8H5BrClF2NO. The summed E-state index contributed by atoms with van der Waals surface area (Å²) in [6.07, 6.45) is -3.02. The van der Waals surface area contributed by atoms with Gasteiger partial charge < -0.3 is 5.32 Å². The lowest BCUT2D eigenvalue weighted by molar-refractivity contribution is -0.126. The molecule has 0 spiro atoms. The van der Waals surface area contributed by atoms with E-state index in [1.54, 1.807) is 0 Å². The number of nitrogens with one attached hydrogen (secondary N) is 1. The molecule has 1 amide bonds. The molecule has 1 aromatic rings. The van der Waals surface area contributed by atoms with Crippen LogP contribution in [0.3, 0.4) is 0 Å². The van der Waals surface area contributed by atoms with Gasteiger partial charge in [-0.15, -0.1) is 0 Å². The Hall–Kier alpha value is -0.680. The third-order valence-corrected chi connectivity index (χ3v) is 2.60. The molecule has 0 atom stereocenters. The predicted octanol–water partition coefficient (Wildman–Crippen LogP) is 3.31. The van der Waals surface area contributed by atoms with Crippen molar-refractivity contribution in [2.75, 3.05) is 5.32 Å². The summed E-state index contributed by atoms with van der Waals surface area (Å²) < 4.78 is 24.2. The smallest absolute Gasteiger partial charge is 0.315 e. The molecular weight excluding hydrogens is 279 g/mol. The van der Waals surface area contributed by atoms with Gasteiger partial charge in [-0.25, -0.2) is 0 Å². The topological polar surface area (TPSA) is 29.1 Å². The van der Waals surface area contributed by atoms with Crippen molar-refractivity contribution in [3.8, 4) is 0 Å². The zero-order valence-corrected chi connectivity index (χ0v) is 9.07. The fraction of sp³-hybridized carbons (Fsp3) is 0.125. The van der Waals surface area contributed by atoms with Crippen molar-refractivity contribution in [1.82, 2.24) is 0 Å². The maximum atomic E-state index is 11.8. The monoisotopic (exact) mass is 283 g/mol. The molecule has 0 aliphatic rings. The second kappa shape index (κ2) is 4.70. The zero-order valence-electron chi connectivity index (χ0n) is 6.73. The van der Waals surface area contributed by atoms with E-state index in [9.17, 15) is 13.6 Å². The molecule has 0 fully saturated rings. The molecule has 1 N–H and O–H groups in total. The Labute approximate surface area is 92.4 Å². The van der Waals surface area contributed by atoms with Gasteiger partial charge in [0.15, 0.2) is 0 Å². The van der Waals surface area contributed by atoms with Crippen molar-refractivity contribution in [1.29, 1.82) is 0 Å². The first-order valence-electron chi connectivity index (χ1n) is 3.55. The Morgan fingerprint density at radius 1 is 1.50 bits per heavy atom. The number of rotatable bonds is 2. The van der Waals surface area contributed by atoms with E-state index in [4.69, 9.17) is 11.6 Å². The highest BCUT2D eigenvalue weighted by molar-refractivity contribution is 9.10. The summed E-state index contributed by atoms with van der Waals surface area (Å²) in [5.41, 5.74) is 0.270. The maximum Gasteiger partial charge on any atom is 0.315 e. The Balaban J connectivity index is 2.78. The molecule has 0 unspecified atom stereocenters. The van der Waals surface area contributed by atoms with Crippen LogP contribution in [0.1, 0.15) is 0 Å². The molecule has 6 heteroatoms. The minimum Gasteiger partial charge on any atom is -0.321 e. The molecule has 1 aromatic carbocycles. The van der Waals surface area contributed by atoms with E-state index in [0.29, 0.717) is 9.50 Å². The van der Waals surface area contributed by atoms with Gasteiger partial charge in [-0.2, -0.15) is 8.78 Å². The summed E-state index contributed by atoms with van der Waals surface area (Å²) in [6.45, 7) is 0. The number of hydrogen-bond acceptors (Lipinski definition) is 1. The van der Waals surface area contributed by atoms with Crippen LogP contribution < -0.4 is 5.32 Å². The van der Waals surface area contributed by atoms with Crippen LogP contribution in [0, 0.1) is 0 Å². The average Bonchev–Trinajstić information content (AvgIpc) is 2.11. The van der Waals surface area contributed by atoms with Gasteiger partial charge in [0.05, 0.1) is 5.02 Å². The first-order valence-corrected chi connectivity index (χ1v) is 4.72. The summed E-state index contributed by atoms with van der Waals surface area (Å²) in [5, 5.41) is 2.48. The molecule has 0 aliphatic heterocycles. The molecule has 0 saturated carbocycles. The molecule has 0 heterocycles. The summed E-state index contributed by atoms with van der Waals surface area (Å²) in [4.78, 5) is 10.6. The fourth-order valence-corrected chi connectivity index (χ4v) is 1.27. The van der Waals surface area contributed by atoms with Crippen molar-refractivity contribution in [2.45, 2.75) is 6.43 Å². The van der Waals surface area contributed by atoms with Crippen LogP contribution >= 0.6 is 27.5 Å². The van der Waals surface area contributed by atoms with Gasteiger partial charge >= 0.3 is 6.43 Å². The van der Waals surface area contributed by atoms with E-state index in [1.165, 1.54) is 18.2 Å². The van der Waals surface area contributed by atoms with Crippen molar-refractivity contribution in [3.05, 3.63) is 27.7 Å². The lowest BCUT2D eigenvalue weighted by Crippen LogP contribution is -2.19. The first-order chi connectivity index (χ1) is 6.50. The van der Waals surface area contributed by atoms with Crippen LogP contribution in [0.2, 0.25) is 5.02 Å². The molecule has 14 heavy (non-hydrogen) atoms. The summed E-state index contributed by atoms with van der Waals surface area (Å²) >= 11 is 8.77. The summed E-state index contributed by atoms with van der Waals surface area (Å²) in [6, 6.07) is 4.38. The molecule has 0 saturated heterocycles. The number of benzene rings is 1. The van der Waals surface area contributed by atoms with Crippen LogP contribution in [-0.4, -0.2) is 12.3 Å². The van der Waals surface area contributed by atoms with Crippen LogP contribution in [0.4, 0.5) is 14.5 Å². The third-order valence-electron chi connectivity index (χ3n) is 1.39. The Bertz CT molecular complexity index is 359. The van der Waals surface area contributed by atoms with Crippen LogP contribution in [-0.2, 0) is 4.79 Å². The standard InChI is InChI=1S/C8H5BrClF2NO/c9-5-3-4(1-2-6(5)10)13-8(14)7(11)12/h1-3,7H,(H,13,14). The number of halogens is 4. The SMILES string of the molecule is O=C(Nc1ccc(Cl)c(Br)c1)C(F)F. The van der Waals surface area contributed by atoms with Crippen molar-refractivity contribution in [3.63, 3.8) is 0 Å². The number of anilines is 1. The minimum absolute atomic E-state index is 0.270. The molecule has 0 bridgehead atoms. The molecule has 0 radical (unpaired) electrons. The molecule has 1 rings (SSSR count). The van der Waals surface area contributed by atoms with Crippen molar-refractivity contribution in [2.24, 2.45) is 0 Å². The number of hydrogen-bond donors (Lipinski definition) is 1. The van der Waals surface area contributed by atoms with Gasteiger partial charge in [-0.05, 0) is 34.1 Å². The van der Waals surface area contributed by atoms with Crippen molar-refractivity contribution < 1.29 is 13.6 Å². The molecule has 0 aliphatic carbocycles. The Morgan fingerprint density at radius 2 is 2.14 bits per heavy atom. The van der Waals surface area contributed by atoms with E-state index in [0.717, 1.165) is 0 Å². The number of carbonyl (C=O) groups excluding carboxylic acids is 1. The number of alkyl halides is 2. The second-order valence-corrected chi connectivity index (χ2v) is 3.68. The minimum atomic E-state index is -3.02. The quantitative estimate of drug-likeness (QED) is 0.887. The molecule has 2 nitrogen and oxygen atoms in total. The lowest BCUT2D eigenvalue weighted by atomic mass is 10.3.